The number of carbonyl (C=O) groups is 2. The first-order chi connectivity index (χ1) is 19.1. The fourth-order valence-corrected chi connectivity index (χ4v) is 10.4. The van der Waals surface area contributed by atoms with Gasteiger partial charge in [0.1, 0.15) is 0 Å². The van der Waals surface area contributed by atoms with Crippen molar-refractivity contribution in [3.8, 4) is 11.5 Å². The number of anilines is 1. The normalized spacial score (nSPS) is 30.4. The number of carbonyl (C=O) groups excluding carboxylic acids is 2. The maximum Gasteiger partial charge on any atom is 0.418 e. The molecule has 2 N–H and O–H groups in total. The van der Waals surface area contributed by atoms with Crippen LogP contribution in [0.4, 0.5) is 18.9 Å². The standard InChI is InChI=1S/C28H23F3N2O5S2/c1-2-38-17-9-11(7-8-16(17)34)18-19-12-10-13(22(19)39-24-23(18)40-27(37)32-24)21-20(12)25(35)33(26(21)36)15-6-4-3-5-14(15)28(29,30)31/h3-9,12-13,18-22,34H,2,10H2,1H3,(H,32,37)/t12-,13-,18+,19+,20+,21+,22-/m1/s1. The van der Waals surface area contributed by atoms with Crippen molar-refractivity contribution in [3.63, 3.8) is 0 Å². The molecule has 2 bridgehead atoms. The highest BCUT2D eigenvalue weighted by atomic mass is 32.2. The first-order valence-corrected chi connectivity index (χ1v) is 14.7. The van der Waals surface area contributed by atoms with Crippen molar-refractivity contribution in [3.05, 3.63) is 68.1 Å². The molecule has 3 heterocycles. The van der Waals surface area contributed by atoms with Crippen LogP contribution in [-0.4, -0.2) is 33.8 Å². The summed E-state index contributed by atoms with van der Waals surface area (Å²) in [4.78, 5) is 44.3. The SMILES string of the molecule is CCOc1cc([C@@H]2c3sc(=O)[nH]c3S[C@@H]3[C@@H]4C[C@@H]([C@@H]5C(=O)N(c6ccccc6C(F)(F)F)C(=O)[C@@H]45)[C@@H]23)ccc1O. The van der Waals surface area contributed by atoms with E-state index in [-0.39, 0.29) is 39.5 Å². The second kappa shape index (κ2) is 8.87. The van der Waals surface area contributed by atoms with Gasteiger partial charge in [-0.2, -0.15) is 13.2 Å². The van der Waals surface area contributed by atoms with Crippen LogP contribution < -0.4 is 14.5 Å². The number of thiazole rings is 1. The van der Waals surface area contributed by atoms with Gasteiger partial charge in [0.25, 0.3) is 0 Å². The van der Waals surface area contributed by atoms with E-state index in [0.29, 0.717) is 23.8 Å². The van der Waals surface area contributed by atoms with E-state index in [1.807, 2.05) is 0 Å². The lowest BCUT2D eigenvalue weighted by molar-refractivity contribution is -0.137. The molecule has 40 heavy (non-hydrogen) atoms. The Hall–Kier alpha value is -3.25. The number of nitrogens with zero attached hydrogens (tertiary/aromatic N) is 1. The van der Waals surface area contributed by atoms with Crippen molar-refractivity contribution in [2.75, 3.05) is 11.5 Å². The number of thioether (sulfide) groups is 1. The molecule has 2 aliphatic heterocycles. The van der Waals surface area contributed by atoms with E-state index in [4.69, 9.17) is 4.74 Å². The fraction of sp³-hybridized carbons (Fsp3) is 0.393. The minimum Gasteiger partial charge on any atom is -0.504 e. The Bertz CT molecular complexity index is 1620. The van der Waals surface area contributed by atoms with Gasteiger partial charge in [0.2, 0.25) is 11.8 Å². The van der Waals surface area contributed by atoms with Crippen molar-refractivity contribution < 1.29 is 32.6 Å². The van der Waals surface area contributed by atoms with Crippen LogP contribution in [0.3, 0.4) is 0 Å². The van der Waals surface area contributed by atoms with Gasteiger partial charge < -0.3 is 14.8 Å². The van der Waals surface area contributed by atoms with Crippen LogP contribution >= 0.6 is 23.1 Å². The van der Waals surface area contributed by atoms with E-state index < -0.39 is 41.1 Å². The molecule has 7 atom stereocenters. The summed E-state index contributed by atoms with van der Waals surface area (Å²) in [5, 5.41) is 10.9. The maximum atomic E-state index is 13.8. The number of imide groups is 1. The molecule has 1 aromatic heterocycles. The third-order valence-corrected chi connectivity index (χ3v) is 11.4. The summed E-state index contributed by atoms with van der Waals surface area (Å²) in [5.74, 6) is -3.25. The topological polar surface area (TPSA) is 99.7 Å². The number of halogens is 3. The van der Waals surface area contributed by atoms with Gasteiger partial charge in [0.15, 0.2) is 11.5 Å². The molecule has 4 aliphatic rings. The first-order valence-electron chi connectivity index (χ1n) is 13.0. The molecule has 0 unspecified atom stereocenters. The molecule has 0 spiro atoms. The number of phenols is 1. The summed E-state index contributed by atoms with van der Waals surface area (Å²) in [6.45, 7) is 2.14. The molecule has 2 saturated carbocycles. The number of aromatic nitrogens is 1. The number of phenolic OH excluding ortho intramolecular Hbond substituents is 1. The van der Waals surface area contributed by atoms with Gasteiger partial charge in [0, 0.05) is 16.0 Å². The number of amides is 2. The van der Waals surface area contributed by atoms with Gasteiger partial charge in [-0.05, 0) is 60.9 Å². The van der Waals surface area contributed by atoms with Gasteiger partial charge in [0.05, 0.1) is 34.7 Å². The van der Waals surface area contributed by atoms with Crippen LogP contribution in [-0.2, 0) is 15.8 Å². The summed E-state index contributed by atoms with van der Waals surface area (Å²) in [5.41, 5.74) is -0.622. The Morgan fingerprint density at radius 3 is 2.52 bits per heavy atom. The molecule has 1 saturated heterocycles. The molecular weight excluding hydrogens is 565 g/mol. The molecule has 2 amide bonds. The molecule has 7 rings (SSSR count). The smallest absolute Gasteiger partial charge is 0.418 e. The third kappa shape index (κ3) is 3.54. The second-order valence-electron chi connectivity index (χ2n) is 10.6. The molecule has 3 aromatic rings. The number of hydrogen-bond acceptors (Lipinski definition) is 7. The number of fused-ring (bicyclic) bond motifs is 9. The number of benzene rings is 2. The molecule has 7 nitrogen and oxygen atoms in total. The number of alkyl halides is 3. The third-order valence-electron chi connectivity index (χ3n) is 8.82. The van der Waals surface area contributed by atoms with Crippen molar-refractivity contribution in [2.24, 2.45) is 29.6 Å². The molecule has 3 fully saturated rings. The van der Waals surface area contributed by atoms with Crippen LogP contribution in [0.25, 0.3) is 0 Å². The molecule has 2 aliphatic carbocycles. The van der Waals surface area contributed by atoms with Gasteiger partial charge >= 0.3 is 11.0 Å². The van der Waals surface area contributed by atoms with Crippen molar-refractivity contribution >= 4 is 40.6 Å². The van der Waals surface area contributed by atoms with Crippen LogP contribution in [0.5, 0.6) is 11.5 Å². The number of nitrogens with one attached hydrogen (secondary N) is 1. The van der Waals surface area contributed by atoms with Crippen LogP contribution in [0.1, 0.15) is 35.3 Å². The highest BCUT2D eigenvalue weighted by Crippen LogP contribution is 2.69. The van der Waals surface area contributed by atoms with Gasteiger partial charge in [-0.25, -0.2) is 4.90 Å². The predicted molar refractivity (Wildman–Crippen MR) is 142 cm³/mol. The molecule has 0 radical (unpaired) electrons. The lowest BCUT2D eigenvalue weighted by Crippen LogP contribution is -2.42. The van der Waals surface area contributed by atoms with Gasteiger partial charge in [-0.1, -0.05) is 29.5 Å². The first kappa shape index (κ1) is 25.7. The highest BCUT2D eigenvalue weighted by Gasteiger charge is 2.70. The van der Waals surface area contributed by atoms with Gasteiger partial charge in [-0.3, -0.25) is 14.4 Å². The zero-order valence-corrected chi connectivity index (χ0v) is 22.6. The Morgan fingerprint density at radius 1 is 1.07 bits per heavy atom. The minimum atomic E-state index is -4.72. The van der Waals surface area contributed by atoms with Crippen LogP contribution in [0.15, 0.2) is 52.3 Å². The van der Waals surface area contributed by atoms with E-state index in [1.165, 1.54) is 30.0 Å². The summed E-state index contributed by atoms with van der Waals surface area (Å²) in [6, 6.07) is 9.78. The van der Waals surface area contributed by atoms with E-state index in [2.05, 4.69) is 4.98 Å². The van der Waals surface area contributed by atoms with E-state index in [1.54, 1.807) is 25.1 Å². The fourth-order valence-electron chi connectivity index (χ4n) is 7.53. The van der Waals surface area contributed by atoms with Crippen LogP contribution in [0.2, 0.25) is 0 Å². The van der Waals surface area contributed by atoms with Crippen LogP contribution in [0, 0.1) is 29.6 Å². The van der Waals surface area contributed by atoms with E-state index in [0.717, 1.165) is 32.7 Å². The van der Waals surface area contributed by atoms with E-state index in [9.17, 15) is 32.7 Å². The Balaban J connectivity index is 1.32. The lowest BCUT2D eigenvalue weighted by atomic mass is 9.68. The minimum absolute atomic E-state index is 0.0154. The molecule has 208 valence electrons. The highest BCUT2D eigenvalue weighted by molar-refractivity contribution is 8.00. The predicted octanol–water partition coefficient (Wildman–Crippen LogP) is 5.24. The van der Waals surface area contributed by atoms with Crippen molar-refractivity contribution in [2.45, 2.75) is 35.7 Å². The Morgan fingerprint density at radius 2 is 1.80 bits per heavy atom. The number of ether oxygens (including phenoxy) is 1. The number of aromatic hydroxyl groups is 1. The van der Waals surface area contributed by atoms with Crippen molar-refractivity contribution in [1.82, 2.24) is 4.98 Å². The zero-order valence-electron chi connectivity index (χ0n) is 21.0. The summed E-state index contributed by atoms with van der Waals surface area (Å²) in [6.07, 6.45) is -4.12. The molecular formula is C28H23F3N2O5S2. The monoisotopic (exact) mass is 588 g/mol. The average Bonchev–Trinajstić information content (AvgIpc) is 3.64. The Kier molecular flexibility index (Phi) is 5.70. The quantitative estimate of drug-likeness (QED) is 0.405. The number of aromatic amines is 1. The largest absolute Gasteiger partial charge is 0.504 e. The summed E-state index contributed by atoms with van der Waals surface area (Å²) < 4.78 is 47.2. The molecule has 12 heteroatoms. The maximum absolute atomic E-state index is 13.8. The number of hydrogen-bond donors (Lipinski definition) is 2. The van der Waals surface area contributed by atoms with Gasteiger partial charge in [-0.15, -0.1) is 11.8 Å². The number of H-pyrrole nitrogens is 1. The van der Waals surface area contributed by atoms with E-state index >= 15 is 0 Å². The summed E-state index contributed by atoms with van der Waals surface area (Å²) in [7, 11) is 0. The zero-order chi connectivity index (χ0) is 28.1. The molecule has 2 aromatic carbocycles. The number of rotatable bonds is 4. The average molecular weight is 589 g/mol. The number of para-hydroxylation sites is 1. The van der Waals surface area contributed by atoms with Crippen molar-refractivity contribution in [1.29, 1.82) is 0 Å². The Labute approximate surface area is 234 Å². The second-order valence-corrected chi connectivity index (χ2v) is 12.9. The summed E-state index contributed by atoms with van der Waals surface area (Å²) >= 11 is 2.60. The lowest BCUT2D eigenvalue weighted by Gasteiger charge is -2.43.